The molecular weight excluding hydrogens is 289 g/mol. The Morgan fingerprint density at radius 2 is 2.17 bits per heavy atom. The molecule has 0 radical (unpaired) electrons. The fourth-order valence-electron chi connectivity index (χ4n) is 2.21. The number of nitrogens with zero attached hydrogens (tertiary/aromatic N) is 1. The van der Waals surface area contributed by atoms with E-state index in [1.54, 1.807) is 25.1 Å². The molecule has 0 aliphatic heterocycles. The number of carbonyl (C=O) groups excluding carboxylic acids is 1. The van der Waals surface area contributed by atoms with Gasteiger partial charge in [0.05, 0.1) is 11.6 Å². The summed E-state index contributed by atoms with van der Waals surface area (Å²) in [4.78, 5) is 11.1. The number of benzene rings is 1. The number of hydrogen-bond acceptors (Lipinski definition) is 2. The lowest BCUT2D eigenvalue weighted by Gasteiger charge is -2.08. The normalized spacial score (nSPS) is 11.9. The molecule has 2 nitrogen and oxygen atoms in total. The van der Waals surface area contributed by atoms with Gasteiger partial charge in [0, 0.05) is 6.42 Å². The number of hydrogen-bond donors (Lipinski definition) is 0. The Bertz CT molecular complexity index is 677. The van der Waals surface area contributed by atoms with Crippen LogP contribution in [0.4, 0.5) is 4.39 Å². The first-order valence-electron chi connectivity index (χ1n) is 7.76. The maximum atomic E-state index is 14.3. The summed E-state index contributed by atoms with van der Waals surface area (Å²) in [6.45, 7) is 7.66. The van der Waals surface area contributed by atoms with Crippen molar-refractivity contribution in [1.29, 1.82) is 5.26 Å². The molecule has 0 aliphatic carbocycles. The van der Waals surface area contributed by atoms with Crippen molar-refractivity contribution in [2.75, 3.05) is 0 Å². The summed E-state index contributed by atoms with van der Waals surface area (Å²) in [7, 11) is 0. The number of allylic oxidation sites excluding steroid dienone is 5. The van der Waals surface area contributed by atoms with Gasteiger partial charge >= 0.3 is 0 Å². The van der Waals surface area contributed by atoms with Crippen molar-refractivity contribution in [2.24, 2.45) is 0 Å². The van der Waals surface area contributed by atoms with Crippen molar-refractivity contribution in [1.82, 2.24) is 0 Å². The van der Waals surface area contributed by atoms with Gasteiger partial charge in [-0.25, -0.2) is 4.39 Å². The zero-order chi connectivity index (χ0) is 17.2. The summed E-state index contributed by atoms with van der Waals surface area (Å²) < 4.78 is 14.3. The molecule has 120 valence electrons. The number of unbranched alkanes of at least 4 members (excludes halogenated alkanes) is 2. The fourth-order valence-corrected chi connectivity index (χ4v) is 2.21. The Labute approximate surface area is 137 Å². The fraction of sp³-hybridized carbons (Fsp3) is 0.300. The predicted octanol–water partition coefficient (Wildman–Crippen LogP) is 5.17. The molecule has 1 rings (SSSR count). The molecule has 1 aromatic carbocycles. The monoisotopic (exact) mass is 311 g/mol. The zero-order valence-electron chi connectivity index (χ0n) is 13.7. The standard InChI is InChI=1S/C20H22FNO/c1-4-6-7-8-16(14-23)11-19-10-9-18(12-20(19)21)15(3)17(5-2)13-22/h5,8-10,12,14H,3-4,6-7,11H2,1-2H3/b16-8+,17-5-. The SMILES string of the molecule is C=C(/C(C#N)=C\C)c1ccc(C/C(C=O)=C\CCCC)c(F)c1. The Balaban J connectivity index is 2.96. The smallest absolute Gasteiger partial charge is 0.146 e. The molecule has 23 heavy (non-hydrogen) atoms. The highest BCUT2D eigenvalue weighted by atomic mass is 19.1. The van der Waals surface area contributed by atoms with Crippen LogP contribution in [-0.4, -0.2) is 6.29 Å². The van der Waals surface area contributed by atoms with E-state index < -0.39 is 0 Å². The van der Waals surface area contributed by atoms with Gasteiger partial charge in [0.25, 0.3) is 0 Å². The van der Waals surface area contributed by atoms with Crippen molar-refractivity contribution in [3.05, 3.63) is 65.0 Å². The van der Waals surface area contributed by atoms with E-state index in [0.717, 1.165) is 25.5 Å². The zero-order valence-corrected chi connectivity index (χ0v) is 13.7. The number of nitriles is 1. The van der Waals surface area contributed by atoms with Crippen LogP contribution in [0.5, 0.6) is 0 Å². The number of carbonyl (C=O) groups is 1. The highest BCUT2D eigenvalue weighted by Crippen LogP contribution is 2.23. The molecule has 0 bridgehead atoms. The van der Waals surface area contributed by atoms with E-state index in [1.165, 1.54) is 6.07 Å². The van der Waals surface area contributed by atoms with Crippen LogP contribution in [0.3, 0.4) is 0 Å². The van der Waals surface area contributed by atoms with Crippen LogP contribution in [0, 0.1) is 17.1 Å². The van der Waals surface area contributed by atoms with Gasteiger partial charge in [0.2, 0.25) is 0 Å². The second-order valence-corrected chi connectivity index (χ2v) is 5.31. The molecule has 1 aromatic rings. The third kappa shape index (κ3) is 5.34. The molecule has 0 amide bonds. The van der Waals surface area contributed by atoms with Crippen molar-refractivity contribution in [3.8, 4) is 6.07 Å². The topological polar surface area (TPSA) is 40.9 Å². The molecule has 0 heterocycles. The third-order valence-electron chi connectivity index (χ3n) is 3.65. The average Bonchev–Trinajstić information content (AvgIpc) is 2.56. The first-order valence-corrected chi connectivity index (χ1v) is 7.76. The minimum absolute atomic E-state index is 0.278. The van der Waals surface area contributed by atoms with E-state index in [-0.39, 0.29) is 12.2 Å². The van der Waals surface area contributed by atoms with Crippen LogP contribution in [0.25, 0.3) is 5.57 Å². The van der Waals surface area contributed by atoms with Crippen molar-refractivity contribution >= 4 is 11.9 Å². The molecule has 0 saturated carbocycles. The van der Waals surface area contributed by atoms with E-state index in [0.29, 0.717) is 27.8 Å². The lowest BCUT2D eigenvalue weighted by Crippen LogP contribution is -1.98. The molecule has 0 spiro atoms. The number of halogens is 1. The summed E-state index contributed by atoms with van der Waals surface area (Å²) in [6, 6.07) is 6.79. The quantitative estimate of drug-likeness (QED) is 0.218. The van der Waals surface area contributed by atoms with Crippen molar-refractivity contribution < 1.29 is 9.18 Å². The molecule has 0 N–H and O–H groups in total. The van der Waals surface area contributed by atoms with Gasteiger partial charge in [-0.15, -0.1) is 0 Å². The van der Waals surface area contributed by atoms with Gasteiger partial charge in [-0.2, -0.15) is 5.26 Å². The van der Waals surface area contributed by atoms with Crippen LogP contribution < -0.4 is 0 Å². The third-order valence-corrected chi connectivity index (χ3v) is 3.65. The minimum Gasteiger partial charge on any atom is -0.298 e. The van der Waals surface area contributed by atoms with Crippen LogP contribution in [-0.2, 0) is 11.2 Å². The Kier molecular flexibility index (Phi) is 7.70. The second kappa shape index (κ2) is 9.53. The molecular formula is C20H22FNO. The average molecular weight is 311 g/mol. The molecule has 0 atom stereocenters. The Morgan fingerprint density at radius 1 is 1.43 bits per heavy atom. The summed E-state index contributed by atoms with van der Waals surface area (Å²) in [5, 5.41) is 9.02. The van der Waals surface area contributed by atoms with Gasteiger partial charge in [0.1, 0.15) is 12.1 Å². The maximum Gasteiger partial charge on any atom is 0.146 e. The molecule has 0 unspecified atom stereocenters. The molecule has 3 heteroatoms. The van der Waals surface area contributed by atoms with Gasteiger partial charge in [-0.05, 0) is 41.7 Å². The lowest BCUT2D eigenvalue weighted by molar-refractivity contribution is -0.105. The van der Waals surface area contributed by atoms with E-state index in [4.69, 9.17) is 5.26 Å². The van der Waals surface area contributed by atoms with E-state index >= 15 is 0 Å². The minimum atomic E-state index is -0.389. The van der Waals surface area contributed by atoms with Crippen molar-refractivity contribution in [3.63, 3.8) is 0 Å². The Morgan fingerprint density at radius 3 is 2.70 bits per heavy atom. The summed E-state index contributed by atoms with van der Waals surface area (Å²) in [5.41, 5.74) is 2.55. The number of aldehydes is 1. The first kappa shape index (κ1) is 18.6. The van der Waals surface area contributed by atoms with Crippen molar-refractivity contribution in [2.45, 2.75) is 39.5 Å². The predicted molar refractivity (Wildman–Crippen MR) is 92.2 cm³/mol. The molecule has 0 saturated heterocycles. The molecule has 0 aromatic heterocycles. The van der Waals surface area contributed by atoms with Gasteiger partial charge < -0.3 is 0 Å². The van der Waals surface area contributed by atoms with E-state index in [9.17, 15) is 9.18 Å². The second-order valence-electron chi connectivity index (χ2n) is 5.31. The maximum absolute atomic E-state index is 14.3. The van der Waals surface area contributed by atoms with Gasteiger partial charge in [-0.1, -0.05) is 50.6 Å². The largest absolute Gasteiger partial charge is 0.298 e. The lowest BCUT2D eigenvalue weighted by atomic mass is 9.96. The Hall–Kier alpha value is -2.47. The molecule has 0 aliphatic rings. The van der Waals surface area contributed by atoms with E-state index in [2.05, 4.69) is 13.5 Å². The highest BCUT2D eigenvalue weighted by Gasteiger charge is 2.10. The highest BCUT2D eigenvalue weighted by molar-refractivity contribution is 5.81. The summed E-state index contributed by atoms with van der Waals surface area (Å²) in [6.07, 6.45) is 7.48. The number of rotatable bonds is 8. The van der Waals surface area contributed by atoms with Crippen LogP contribution >= 0.6 is 0 Å². The summed E-state index contributed by atoms with van der Waals surface area (Å²) >= 11 is 0. The van der Waals surface area contributed by atoms with Crippen LogP contribution in [0.1, 0.15) is 44.2 Å². The van der Waals surface area contributed by atoms with E-state index in [1.807, 2.05) is 12.1 Å². The van der Waals surface area contributed by atoms with Crippen LogP contribution in [0.2, 0.25) is 0 Å². The van der Waals surface area contributed by atoms with Crippen LogP contribution in [0.15, 0.2) is 48.1 Å². The molecule has 0 fully saturated rings. The van der Waals surface area contributed by atoms with Gasteiger partial charge in [0.15, 0.2) is 0 Å². The summed E-state index contributed by atoms with van der Waals surface area (Å²) in [5.74, 6) is -0.389. The first-order chi connectivity index (χ1) is 11.1. The van der Waals surface area contributed by atoms with Gasteiger partial charge in [-0.3, -0.25) is 4.79 Å².